The van der Waals surface area contributed by atoms with Crippen molar-refractivity contribution >= 4 is 0 Å². The minimum Gasteiger partial charge on any atom is -0.374 e. The molecule has 4 aliphatic rings. The van der Waals surface area contributed by atoms with Gasteiger partial charge in [-0.15, -0.1) is 0 Å². The van der Waals surface area contributed by atoms with Gasteiger partial charge in [-0.3, -0.25) is 0 Å². The Bertz CT molecular complexity index is 2230. The molecule has 9 rings (SSSR count). The van der Waals surface area contributed by atoms with Crippen LogP contribution in [0.2, 0.25) is 0 Å². The van der Waals surface area contributed by atoms with Crippen molar-refractivity contribution in [2.24, 2.45) is 0 Å². The van der Waals surface area contributed by atoms with E-state index in [4.69, 9.17) is 42.6 Å². The first kappa shape index (κ1) is 46.3. The molecule has 0 aromatic heterocycles. The van der Waals surface area contributed by atoms with Gasteiger partial charge in [-0.2, -0.15) is 0 Å². The summed E-state index contributed by atoms with van der Waals surface area (Å²) < 4.78 is 62.2. The summed E-state index contributed by atoms with van der Waals surface area (Å²) in [5.41, 5.74) is 4.63. The molecule has 0 N–H and O–H groups in total. The number of ether oxygens (including phenoxy) is 9. The Morgan fingerprint density at radius 3 is 1.52 bits per heavy atom. The second kappa shape index (κ2) is 23.3. The van der Waals surface area contributed by atoms with E-state index in [1.807, 2.05) is 91.0 Å². The van der Waals surface area contributed by atoms with Crippen LogP contribution in [0.4, 0.5) is 0 Å². The fourth-order valence-corrected chi connectivity index (χ4v) is 9.52. The number of rotatable bonds is 17. The van der Waals surface area contributed by atoms with Crippen molar-refractivity contribution in [2.45, 2.75) is 132 Å². The lowest BCUT2D eigenvalue weighted by atomic mass is 9.82. The minimum absolute atomic E-state index is 0.286. The van der Waals surface area contributed by atoms with E-state index < -0.39 is 17.8 Å². The summed E-state index contributed by atoms with van der Waals surface area (Å²) in [6.07, 6.45) is 7.65. The molecule has 5 aromatic carbocycles. The SMILES string of the molecule is C[C@@]12O[C@H](COCc3ccccc3)[C@@H](OCc3ccccc3)C[C@H]1O[C@H]1C/C=C\C[C@H]3O[C@@H](COCc4ccccc4)[C@H](OCc4ccccc4)C=C[C@@H]3O[C@@H]1C[C@H]2OCc1ccccc1. The van der Waals surface area contributed by atoms with Crippen molar-refractivity contribution in [1.82, 2.24) is 0 Å². The molecular weight excluding hydrogens is 829 g/mol. The standard InChI is InChI=1S/C57H64O9/c1-57-55(62-39-46-27-15-6-16-28-46)34-52-49(65-56(57)33-51(61-38-45-25-13-5-14-26-45)54(66-57)41-59-36-43-21-9-3-10-22-43)30-18-17-29-48-50(63-52)32-31-47(60-37-44-23-11-4-12-24-44)53(64-48)40-58-35-42-19-7-2-8-20-42/h2-28,31-32,47-56H,29-30,33-41H2,1H3/b18-17-/t47-,48-,49+,50+,51+,52-,53+,54-,55-,56-,57+/m1/s1. The number of hydrogen-bond donors (Lipinski definition) is 0. The molecule has 2 saturated heterocycles. The van der Waals surface area contributed by atoms with Crippen LogP contribution in [0.1, 0.15) is 60.4 Å². The van der Waals surface area contributed by atoms with Crippen molar-refractivity contribution in [3.63, 3.8) is 0 Å². The second-order valence-corrected chi connectivity index (χ2v) is 18.0. The Hall–Kier alpha value is -4.78. The monoisotopic (exact) mass is 892 g/mol. The van der Waals surface area contributed by atoms with Crippen molar-refractivity contribution in [3.8, 4) is 0 Å². The number of benzene rings is 5. The van der Waals surface area contributed by atoms with Gasteiger partial charge in [0, 0.05) is 12.8 Å². The summed E-state index contributed by atoms with van der Waals surface area (Å²) in [4.78, 5) is 0. The largest absolute Gasteiger partial charge is 0.374 e. The van der Waals surface area contributed by atoms with Crippen molar-refractivity contribution < 1.29 is 42.6 Å². The highest BCUT2D eigenvalue weighted by atomic mass is 16.6. The molecule has 346 valence electrons. The summed E-state index contributed by atoms with van der Waals surface area (Å²) in [5.74, 6) is 0. The van der Waals surface area contributed by atoms with Gasteiger partial charge in [0.25, 0.3) is 0 Å². The molecule has 9 heteroatoms. The minimum atomic E-state index is -0.862. The zero-order valence-corrected chi connectivity index (χ0v) is 38.0. The van der Waals surface area contributed by atoms with Gasteiger partial charge in [0.15, 0.2) is 0 Å². The van der Waals surface area contributed by atoms with E-state index in [2.05, 4.69) is 91.9 Å². The van der Waals surface area contributed by atoms with Crippen LogP contribution in [-0.4, -0.2) is 79.9 Å². The molecule has 4 heterocycles. The lowest BCUT2D eigenvalue weighted by Gasteiger charge is -2.50. The Morgan fingerprint density at radius 2 is 0.955 bits per heavy atom. The van der Waals surface area contributed by atoms with Gasteiger partial charge in [0.2, 0.25) is 0 Å². The van der Waals surface area contributed by atoms with Crippen LogP contribution in [0.3, 0.4) is 0 Å². The third-order valence-electron chi connectivity index (χ3n) is 13.2. The normalized spacial score (nSPS) is 30.3. The van der Waals surface area contributed by atoms with E-state index in [0.29, 0.717) is 71.9 Å². The Kier molecular flexibility index (Phi) is 16.4. The Balaban J connectivity index is 0.979. The van der Waals surface area contributed by atoms with Gasteiger partial charge < -0.3 is 42.6 Å². The first-order valence-electron chi connectivity index (χ1n) is 23.7. The van der Waals surface area contributed by atoms with Gasteiger partial charge in [-0.1, -0.05) is 176 Å². The second-order valence-electron chi connectivity index (χ2n) is 18.0. The highest BCUT2D eigenvalue weighted by molar-refractivity contribution is 5.18. The summed E-state index contributed by atoms with van der Waals surface area (Å²) in [6, 6.07) is 51.3. The third-order valence-corrected chi connectivity index (χ3v) is 13.2. The lowest BCUT2D eigenvalue weighted by Crippen LogP contribution is -2.62. The van der Waals surface area contributed by atoms with Crippen LogP contribution in [-0.2, 0) is 75.7 Å². The van der Waals surface area contributed by atoms with E-state index in [-0.39, 0.29) is 48.8 Å². The van der Waals surface area contributed by atoms with E-state index in [1.54, 1.807) is 0 Å². The number of hydrogen-bond acceptors (Lipinski definition) is 9. The molecule has 4 aliphatic heterocycles. The van der Waals surface area contributed by atoms with Crippen LogP contribution >= 0.6 is 0 Å². The van der Waals surface area contributed by atoms with Crippen LogP contribution in [0.25, 0.3) is 0 Å². The van der Waals surface area contributed by atoms with E-state index in [0.717, 1.165) is 27.8 Å². The Labute approximate surface area is 390 Å². The smallest absolute Gasteiger partial charge is 0.118 e. The molecule has 0 unspecified atom stereocenters. The summed E-state index contributed by atoms with van der Waals surface area (Å²) in [6.45, 7) is 5.11. The fraction of sp³-hybridized carbons (Fsp3) is 0.404. The average molecular weight is 893 g/mol. The fourth-order valence-electron chi connectivity index (χ4n) is 9.52. The maximum atomic E-state index is 7.34. The molecule has 0 saturated carbocycles. The van der Waals surface area contributed by atoms with Crippen molar-refractivity contribution in [3.05, 3.63) is 204 Å². The molecule has 0 radical (unpaired) electrons. The van der Waals surface area contributed by atoms with Crippen LogP contribution < -0.4 is 0 Å². The first-order valence-corrected chi connectivity index (χ1v) is 23.7. The average Bonchev–Trinajstić information content (AvgIpc) is 3.54. The molecule has 0 amide bonds. The van der Waals surface area contributed by atoms with Crippen LogP contribution in [0, 0.1) is 0 Å². The quantitative estimate of drug-likeness (QED) is 0.0848. The Morgan fingerprint density at radius 1 is 0.470 bits per heavy atom. The molecule has 11 atom stereocenters. The van der Waals surface area contributed by atoms with Crippen molar-refractivity contribution in [2.75, 3.05) is 13.2 Å². The van der Waals surface area contributed by atoms with Gasteiger partial charge >= 0.3 is 0 Å². The van der Waals surface area contributed by atoms with E-state index >= 15 is 0 Å². The molecular formula is C57H64O9. The van der Waals surface area contributed by atoms with Crippen LogP contribution in [0.5, 0.6) is 0 Å². The predicted octanol–water partition coefficient (Wildman–Crippen LogP) is 10.3. The number of fused-ring (bicyclic) bond motifs is 3. The van der Waals surface area contributed by atoms with Gasteiger partial charge in [-0.25, -0.2) is 0 Å². The lowest BCUT2D eigenvalue weighted by molar-refractivity contribution is -0.284. The summed E-state index contributed by atoms with van der Waals surface area (Å²) in [5, 5.41) is 0. The van der Waals surface area contributed by atoms with Crippen LogP contribution in [0.15, 0.2) is 176 Å². The summed E-state index contributed by atoms with van der Waals surface area (Å²) in [7, 11) is 0. The van der Waals surface area contributed by atoms with Gasteiger partial charge in [-0.05, 0) is 47.6 Å². The van der Waals surface area contributed by atoms with E-state index in [9.17, 15) is 0 Å². The molecule has 0 bridgehead atoms. The topological polar surface area (TPSA) is 83.1 Å². The van der Waals surface area contributed by atoms with Gasteiger partial charge in [0.05, 0.1) is 82.9 Å². The zero-order chi connectivity index (χ0) is 44.8. The predicted molar refractivity (Wildman–Crippen MR) is 253 cm³/mol. The molecule has 66 heavy (non-hydrogen) atoms. The summed E-state index contributed by atoms with van der Waals surface area (Å²) >= 11 is 0. The molecule has 0 spiro atoms. The molecule has 5 aromatic rings. The molecule has 0 aliphatic carbocycles. The maximum Gasteiger partial charge on any atom is 0.118 e. The van der Waals surface area contributed by atoms with Gasteiger partial charge in [0.1, 0.15) is 30.0 Å². The molecule has 9 nitrogen and oxygen atoms in total. The third kappa shape index (κ3) is 12.4. The zero-order valence-electron chi connectivity index (χ0n) is 38.0. The highest BCUT2D eigenvalue weighted by Gasteiger charge is 2.56. The molecule has 2 fully saturated rings. The maximum absolute atomic E-state index is 7.34. The van der Waals surface area contributed by atoms with E-state index in [1.165, 1.54) is 0 Å². The highest BCUT2D eigenvalue weighted by Crippen LogP contribution is 2.44. The van der Waals surface area contributed by atoms with Crippen molar-refractivity contribution in [1.29, 1.82) is 0 Å². The first-order chi connectivity index (χ1) is 32.6.